The van der Waals surface area contributed by atoms with Crippen LogP contribution in [-0.2, 0) is 18.7 Å². The lowest BCUT2D eigenvalue weighted by molar-refractivity contribution is 0.509. The molecule has 0 bridgehead atoms. The highest BCUT2D eigenvalue weighted by atomic mass is 32.2. The molecule has 1 N–H and O–H groups in total. The minimum atomic E-state index is 0.731. The molecule has 0 amide bonds. The first kappa shape index (κ1) is 14.5. The van der Waals surface area contributed by atoms with Crippen LogP contribution in [0.2, 0.25) is 0 Å². The second kappa shape index (κ2) is 7.04. The molecule has 2 aromatic rings. The van der Waals surface area contributed by atoms with Gasteiger partial charge in [-0.2, -0.15) is 0 Å². The zero-order chi connectivity index (χ0) is 14.5. The van der Waals surface area contributed by atoms with Gasteiger partial charge in [-0.05, 0) is 40.8 Å². The van der Waals surface area contributed by atoms with Crippen LogP contribution in [0.25, 0.3) is 0 Å². The van der Waals surface area contributed by atoms with Crippen molar-refractivity contribution < 1.29 is 0 Å². The lowest BCUT2D eigenvalue weighted by Gasteiger charge is -2.05. The molecule has 1 saturated carbocycles. The maximum Gasteiger partial charge on any atom is 0.209 e. The third kappa shape index (κ3) is 4.28. The third-order valence-corrected chi connectivity index (χ3v) is 4.66. The van der Waals surface area contributed by atoms with E-state index in [-0.39, 0.29) is 0 Å². The summed E-state index contributed by atoms with van der Waals surface area (Å²) in [5.41, 5.74) is 2.68. The van der Waals surface area contributed by atoms with Gasteiger partial charge < -0.3 is 5.32 Å². The smallest absolute Gasteiger partial charge is 0.209 e. The summed E-state index contributed by atoms with van der Waals surface area (Å²) in [6.07, 6.45) is 3.70. The molecule has 112 valence electrons. The molecule has 0 aliphatic heterocycles. The zero-order valence-corrected chi connectivity index (χ0v) is 13.1. The van der Waals surface area contributed by atoms with E-state index in [1.165, 1.54) is 24.0 Å². The number of thioether (sulfide) groups is 1. The van der Waals surface area contributed by atoms with E-state index >= 15 is 0 Å². The molecule has 1 aromatic carbocycles. The third-order valence-electron chi connectivity index (χ3n) is 3.63. The summed E-state index contributed by atoms with van der Waals surface area (Å²) in [7, 11) is 0. The molecular weight excluding hydrogens is 282 g/mol. The zero-order valence-electron chi connectivity index (χ0n) is 12.3. The molecular formula is C15H21N5S. The van der Waals surface area contributed by atoms with Gasteiger partial charge in [-0.25, -0.2) is 4.68 Å². The number of rotatable bonds is 8. The molecule has 1 aromatic heterocycles. The average Bonchev–Trinajstić information content (AvgIpc) is 3.24. The van der Waals surface area contributed by atoms with Crippen molar-refractivity contribution in [3.8, 4) is 0 Å². The van der Waals surface area contributed by atoms with Gasteiger partial charge in [0.25, 0.3) is 0 Å². The lowest BCUT2D eigenvalue weighted by Crippen LogP contribution is -2.22. The summed E-state index contributed by atoms with van der Waals surface area (Å²) < 4.78 is 1.89. The highest BCUT2D eigenvalue weighted by Gasteiger charge is 2.20. The summed E-state index contributed by atoms with van der Waals surface area (Å²) in [5, 5.41) is 16.4. The molecule has 5 nitrogen and oxygen atoms in total. The van der Waals surface area contributed by atoms with Crippen LogP contribution < -0.4 is 5.32 Å². The number of aryl methyl sites for hydroxylation is 1. The average molecular weight is 303 g/mol. The number of hydrogen-bond acceptors (Lipinski definition) is 5. The Labute approximate surface area is 129 Å². The SMILES string of the molecule is CCc1ccc(CSc2nnnn2CCNC2CC2)cc1. The molecule has 1 aliphatic carbocycles. The molecule has 0 unspecified atom stereocenters. The van der Waals surface area contributed by atoms with Gasteiger partial charge in [-0.3, -0.25) is 0 Å². The number of hydrogen-bond donors (Lipinski definition) is 1. The van der Waals surface area contributed by atoms with Gasteiger partial charge in [0.05, 0.1) is 6.54 Å². The van der Waals surface area contributed by atoms with Crippen molar-refractivity contribution in [1.29, 1.82) is 0 Å². The van der Waals surface area contributed by atoms with E-state index in [1.54, 1.807) is 11.8 Å². The Bertz CT molecular complexity index is 562. The van der Waals surface area contributed by atoms with E-state index in [4.69, 9.17) is 0 Å². The largest absolute Gasteiger partial charge is 0.312 e. The molecule has 6 heteroatoms. The minimum Gasteiger partial charge on any atom is -0.312 e. The highest BCUT2D eigenvalue weighted by molar-refractivity contribution is 7.98. The molecule has 0 atom stereocenters. The van der Waals surface area contributed by atoms with Gasteiger partial charge in [0, 0.05) is 18.3 Å². The van der Waals surface area contributed by atoms with Crippen molar-refractivity contribution in [2.45, 2.75) is 49.7 Å². The molecule has 21 heavy (non-hydrogen) atoms. The second-order valence-corrected chi connectivity index (χ2v) is 6.31. The van der Waals surface area contributed by atoms with Crippen LogP contribution in [0.3, 0.4) is 0 Å². The Morgan fingerprint density at radius 3 is 2.71 bits per heavy atom. The fourth-order valence-electron chi connectivity index (χ4n) is 2.12. The quantitative estimate of drug-likeness (QED) is 0.758. The maximum atomic E-state index is 4.12. The van der Waals surface area contributed by atoms with Gasteiger partial charge in [0.15, 0.2) is 0 Å². The number of aromatic nitrogens is 4. The van der Waals surface area contributed by atoms with Gasteiger partial charge in [0.1, 0.15) is 0 Å². The van der Waals surface area contributed by atoms with Crippen molar-refractivity contribution in [3.63, 3.8) is 0 Å². The normalized spacial score (nSPS) is 14.5. The minimum absolute atomic E-state index is 0.731. The molecule has 3 rings (SSSR count). The molecule has 0 saturated heterocycles. The van der Waals surface area contributed by atoms with Crippen LogP contribution in [0.15, 0.2) is 29.4 Å². The Morgan fingerprint density at radius 1 is 1.24 bits per heavy atom. The Morgan fingerprint density at radius 2 is 2.00 bits per heavy atom. The topological polar surface area (TPSA) is 55.6 Å². The first-order valence-corrected chi connectivity index (χ1v) is 8.54. The Balaban J connectivity index is 1.50. The van der Waals surface area contributed by atoms with E-state index in [1.807, 2.05) is 4.68 Å². The van der Waals surface area contributed by atoms with E-state index in [0.29, 0.717) is 0 Å². The second-order valence-electron chi connectivity index (χ2n) is 5.37. The van der Waals surface area contributed by atoms with Gasteiger partial charge in [0.2, 0.25) is 5.16 Å². The fourth-order valence-corrected chi connectivity index (χ4v) is 2.98. The summed E-state index contributed by atoms with van der Waals surface area (Å²) in [6.45, 7) is 3.95. The van der Waals surface area contributed by atoms with Crippen LogP contribution in [0.1, 0.15) is 30.9 Å². The van der Waals surface area contributed by atoms with Crippen LogP contribution in [0.5, 0.6) is 0 Å². The van der Waals surface area contributed by atoms with E-state index in [9.17, 15) is 0 Å². The molecule has 1 aliphatic rings. The van der Waals surface area contributed by atoms with Crippen molar-refractivity contribution >= 4 is 11.8 Å². The van der Waals surface area contributed by atoms with Crippen LogP contribution in [-0.4, -0.2) is 32.8 Å². The van der Waals surface area contributed by atoms with Crippen molar-refractivity contribution in [2.75, 3.05) is 6.54 Å². The summed E-state index contributed by atoms with van der Waals surface area (Å²) in [6, 6.07) is 9.50. The highest BCUT2D eigenvalue weighted by Crippen LogP contribution is 2.21. The molecule has 0 spiro atoms. The van der Waals surface area contributed by atoms with Gasteiger partial charge in [-0.1, -0.05) is 43.0 Å². The predicted octanol–water partition coefficient (Wildman–Crippen LogP) is 2.28. The molecule has 1 fully saturated rings. The van der Waals surface area contributed by atoms with Crippen LogP contribution in [0, 0.1) is 0 Å². The number of tetrazole rings is 1. The Hall–Kier alpha value is -1.40. The van der Waals surface area contributed by atoms with Gasteiger partial charge in [-0.15, -0.1) is 5.10 Å². The number of nitrogens with one attached hydrogen (secondary N) is 1. The Kier molecular flexibility index (Phi) is 4.87. The standard InChI is InChI=1S/C15H21N5S/c1-2-12-3-5-13(6-4-12)11-21-15-17-18-19-20(15)10-9-16-14-7-8-14/h3-6,14,16H,2,7-11H2,1H3. The van der Waals surface area contributed by atoms with E-state index < -0.39 is 0 Å². The maximum absolute atomic E-state index is 4.12. The first-order chi connectivity index (χ1) is 10.3. The molecule has 1 heterocycles. The van der Waals surface area contributed by atoms with E-state index in [2.05, 4.69) is 52.0 Å². The number of benzene rings is 1. The summed E-state index contributed by atoms with van der Waals surface area (Å²) in [4.78, 5) is 0. The first-order valence-electron chi connectivity index (χ1n) is 7.55. The summed E-state index contributed by atoms with van der Waals surface area (Å²) >= 11 is 1.69. The summed E-state index contributed by atoms with van der Waals surface area (Å²) in [5.74, 6) is 0.903. The number of nitrogens with zero attached hydrogens (tertiary/aromatic N) is 4. The fraction of sp³-hybridized carbons (Fsp3) is 0.533. The van der Waals surface area contributed by atoms with Gasteiger partial charge >= 0.3 is 0 Å². The molecule has 0 radical (unpaired) electrons. The van der Waals surface area contributed by atoms with E-state index in [0.717, 1.165) is 36.5 Å². The van der Waals surface area contributed by atoms with Crippen molar-refractivity contribution in [3.05, 3.63) is 35.4 Å². The predicted molar refractivity (Wildman–Crippen MR) is 84.2 cm³/mol. The van der Waals surface area contributed by atoms with Crippen LogP contribution in [0.4, 0.5) is 0 Å². The lowest BCUT2D eigenvalue weighted by atomic mass is 10.1. The monoisotopic (exact) mass is 303 g/mol. The van der Waals surface area contributed by atoms with Crippen molar-refractivity contribution in [1.82, 2.24) is 25.5 Å². The van der Waals surface area contributed by atoms with Crippen molar-refractivity contribution in [2.24, 2.45) is 0 Å². The van der Waals surface area contributed by atoms with Crippen LogP contribution >= 0.6 is 11.8 Å².